The molecule has 1 rings (SSSR count). The molecule has 0 heterocycles. The van der Waals surface area contributed by atoms with E-state index in [1.165, 1.54) is 7.11 Å². The highest BCUT2D eigenvalue weighted by Crippen LogP contribution is 2.37. The minimum atomic E-state index is -0.958. The molecule has 1 atom stereocenters. The van der Waals surface area contributed by atoms with Crippen LogP contribution in [0.2, 0.25) is 0 Å². The van der Waals surface area contributed by atoms with Gasteiger partial charge in [-0.3, -0.25) is 0 Å². The lowest BCUT2D eigenvalue weighted by molar-refractivity contribution is -0.149. The number of carbonyl (C=O) groups is 1. The number of para-hydroxylation sites is 1. The summed E-state index contributed by atoms with van der Waals surface area (Å²) in [5.74, 6) is 1.11. The molecule has 112 valence electrons. The van der Waals surface area contributed by atoms with E-state index < -0.39 is 11.5 Å². The van der Waals surface area contributed by atoms with E-state index in [0.717, 1.165) is 0 Å². The molecule has 0 radical (unpaired) electrons. The average molecular weight is 283 g/mol. The Labute approximate surface area is 119 Å². The van der Waals surface area contributed by atoms with Gasteiger partial charge in [0, 0.05) is 0 Å². The number of ether oxygens (including phenoxy) is 4. The van der Waals surface area contributed by atoms with Gasteiger partial charge in [-0.25, -0.2) is 4.79 Å². The van der Waals surface area contributed by atoms with E-state index in [1.807, 2.05) is 0 Å². The lowest BCUT2D eigenvalue weighted by Crippen LogP contribution is -2.52. The van der Waals surface area contributed by atoms with Crippen LogP contribution in [0.15, 0.2) is 18.2 Å². The summed E-state index contributed by atoms with van der Waals surface area (Å²) in [7, 11) is 6.08. The first kappa shape index (κ1) is 16.1. The molecule has 1 N–H and O–H groups in total. The smallest absolute Gasteiger partial charge is 0.329 e. The maximum absolute atomic E-state index is 11.8. The van der Waals surface area contributed by atoms with Crippen molar-refractivity contribution in [3.8, 4) is 17.2 Å². The molecule has 0 spiro atoms. The van der Waals surface area contributed by atoms with Crippen LogP contribution in [-0.4, -0.2) is 46.5 Å². The molecule has 0 aliphatic heterocycles. The monoisotopic (exact) mass is 283 g/mol. The molecule has 0 saturated heterocycles. The van der Waals surface area contributed by atoms with Crippen molar-refractivity contribution < 1.29 is 23.7 Å². The molecule has 1 unspecified atom stereocenters. The van der Waals surface area contributed by atoms with Gasteiger partial charge >= 0.3 is 5.97 Å². The Morgan fingerprint density at radius 3 is 2.15 bits per heavy atom. The Kier molecular flexibility index (Phi) is 5.64. The summed E-state index contributed by atoms with van der Waals surface area (Å²) in [6.45, 7) is 1.77. The van der Waals surface area contributed by atoms with Crippen molar-refractivity contribution in [3.63, 3.8) is 0 Å². The highest BCUT2D eigenvalue weighted by atomic mass is 16.5. The third kappa shape index (κ3) is 3.33. The Balaban J connectivity index is 2.96. The van der Waals surface area contributed by atoms with Gasteiger partial charge in [-0.15, -0.1) is 0 Å². The molecule has 1 aromatic rings. The van der Waals surface area contributed by atoms with Crippen molar-refractivity contribution in [1.29, 1.82) is 0 Å². The molecule has 0 aliphatic carbocycles. The molecule has 6 nitrogen and oxygen atoms in total. The molecule has 0 saturated carbocycles. The molecular formula is C14H21NO5. The number of nitrogens with one attached hydrogen (secondary N) is 1. The van der Waals surface area contributed by atoms with Crippen LogP contribution in [0.5, 0.6) is 17.2 Å². The first-order valence-electron chi connectivity index (χ1n) is 6.13. The zero-order chi connectivity index (χ0) is 15.2. The fourth-order valence-corrected chi connectivity index (χ4v) is 1.63. The van der Waals surface area contributed by atoms with E-state index in [2.05, 4.69) is 5.32 Å². The normalized spacial score (nSPS) is 13.2. The number of hydrogen-bond donors (Lipinski definition) is 1. The number of methoxy groups -OCH3 is 3. The van der Waals surface area contributed by atoms with Gasteiger partial charge in [0.1, 0.15) is 12.1 Å². The van der Waals surface area contributed by atoms with Crippen LogP contribution >= 0.6 is 0 Å². The Hall–Kier alpha value is -1.95. The molecule has 1 aromatic carbocycles. The number of esters is 1. The second kappa shape index (κ2) is 7.00. The Bertz CT molecular complexity index is 441. The van der Waals surface area contributed by atoms with Crippen molar-refractivity contribution in [1.82, 2.24) is 5.32 Å². The third-order valence-corrected chi connectivity index (χ3v) is 3.08. The van der Waals surface area contributed by atoms with Crippen LogP contribution in [-0.2, 0) is 9.53 Å². The Morgan fingerprint density at radius 1 is 1.20 bits per heavy atom. The van der Waals surface area contributed by atoms with Crippen LogP contribution in [0.3, 0.4) is 0 Å². The summed E-state index contributed by atoms with van der Waals surface area (Å²) in [5.41, 5.74) is -0.958. The predicted octanol–water partition coefficient (Wildman–Crippen LogP) is 1.23. The van der Waals surface area contributed by atoms with Crippen molar-refractivity contribution in [2.75, 3.05) is 35.0 Å². The fourth-order valence-electron chi connectivity index (χ4n) is 1.63. The number of hydrogen-bond acceptors (Lipinski definition) is 6. The molecule has 6 heteroatoms. The number of benzene rings is 1. The van der Waals surface area contributed by atoms with Crippen molar-refractivity contribution in [3.05, 3.63) is 18.2 Å². The van der Waals surface area contributed by atoms with Crippen molar-refractivity contribution >= 4 is 5.97 Å². The molecule has 0 fully saturated rings. The molecule has 0 bridgehead atoms. The van der Waals surface area contributed by atoms with Gasteiger partial charge in [-0.05, 0) is 26.1 Å². The Morgan fingerprint density at radius 2 is 1.75 bits per heavy atom. The third-order valence-electron chi connectivity index (χ3n) is 3.08. The van der Waals surface area contributed by atoms with Crippen LogP contribution in [0.25, 0.3) is 0 Å². The predicted molar refractivity (Wildman–Crippen MR) is 74.5 cm³/mol. The van der Waals surface area contributed by atoms with Crippen molar-refractivity contribution in [2.24, 2.45) is 0 Å². The lowest BCUT2D eigenvalue weighted by Gasteiger charge is -2.26. The van der Waals surface area contributed by atoms with Gasteiger partial charge in [0.05, 0.1) is 21.3 Å². The summed E-state index contributed by atoms with van der Waals surface area (Å²) < 4.78 is 20.9. The van der Waals surface area contributed by atoms with E-state index >= 15 is 0 Å². The number of rotatable bonds is 7. The van der Waals surface area contributed by atoms with E-state index in [-0.39, 0.29) is 6.61 Å². The van der Waals surface area contributed by atoms with Gasteiger partial charge in [-0.2, -0.15) is 0 Å². The van der Waals surface area contributed by atoms with E-state index in [1.54, 1.807) is 46.4 Å². The maximum atomic E-state index is 11.8. The molecular weight excluding hydrogens is 262 g/mol. The average Bonchev–Trinajstić information content (AvgIpc) is 2.51. The van der Waals surface area contributed by atoms with E-state index in [9.17, 15) is 4.79 Å². The van der Waals surface area contributed by atoms with Crippen LogP contribution in [0.1, 0.15) is 6.92 Å². The SMILES string of the molecule is CNC(C)(COc1c(OC)cccc1OC)C(=O)OC. The summed E-state index contributed by atoms with van der Waals surface area (Å²) in [5, 5.41) is 2.89. The summed E-state index contributed by atoms with van der Waals surface area (Å²) in [6.07, 6.45) is 0. The molecule has 20 heavy (non-hydrogen) atoms. The highest BCUT2D eigenvalue weighted by molar-refractivity contribution is 5.80. The standard InChI is InChI=1S/C14H21NO5/c1-14(15-2,13(16)19-5)9-20-12-10(17-3)7-6-8-11(12)18-4/h6-8,15H,9H2,1-5H3. The second-order valence-electron chi connectivity index (χ2n) is 4.35. The minimum Gasteiger partial charge on any atom is -0.493 e. The van der Waals surface area contributed by atoms with Gasteiger partial charge in [0.25, 0.3) is 0 Å². The number of carbonyl (C=O) groups excluding carboxylic acids is 1. The quantitative estimate of drug-likeness (QED) is 0.759. The second-order valence-corrected chi connectivity index (χ2v) is 4.35. The fraction of sp³-hybridized carbons (Fsp3) is 0.500. The first-order chi connectivity index (χ1) is 9.52. The summed E-state index contributed by atoms with van der Waals surface area (Å²) in [6, 6.07) is 5.31. The van der Waals surface area contributed by atoms with Crippen LogP contribution < -0.4 is 19.5 Å². The van der Waals surface area contributed by atoms with Crippen LogP contribution in [0, 0.1) is 0 Å². The molecule has 0 amide bonds. The first-order valence-corrected chi connectivity index (χ1v) is 6.13. The van der Waals surface area contributed by atoms with E-state index in [0.29, 0.717) is 17.2 Å². The van der Waals surface area contributed by atoms with Gasteiger partial charge < -0.3 is 24.3 Å². The minimum absolute atomic E-state index is 0.0763. The van der Waals surface area contributed by atoms with Gasteiger partial charge in [0.15, 0.2) is 11.5 Å². The highest BCUT2D eigenvalue weighted by Gasteiger charge is 2.34. The topological polar surface area (TPSA) is 66.0 Å². The zero-order valence-corrected chi connectivity index (χ0v) is 12.5. The van der Waals surface area contributed by atoms with Crippen LogP contribution in [0.4, 0.5) is 0 Å². The largest absolute Gasteiger partial charge is 0.493 e. The maximum Gasteiger partial charge on any atom is 0.329 e. The summed E-state index contributed by atoms with van der Waals surface area (Å²) >= 11 is 0. The van der Waals surface area contributed by atoms with Crippen molar-refractivity contribution in [2.45, 2.75) is 12.5 Å². The summed E-state index contributed by atoms with van der Waals surface area (Å²) in [4.78, 5) is 11.8. The van der Waals surface area contributed by atoms with Gasteiger partial charge in [0.2, 0.25) is 5.75 Å². The lowest BCUT2D eigenvalue weighted by atomic mass is 10.1. The molecule has 0 aliphatic rings. The van der Waals surface area contributed by atoms with Gasteiger partial charge in [-0.1, -0.05) is 6.07 Å². The van der Waals surface area contributed by atoms with E-state index in [4.69, 9.17) is 18.9 Å². The zero-order valence-electron chi connectivity index (χ0n) is 12.5. The number of likely N-dealkylation sites (N-methyl/N-ethyl adjacent to an activating group) is 1. The molecule has 0 aromatic heterocycles.